The summed E-state index contributed by atoms with van der Waals surface area (Å²) < 4.78 is 0. The SMILES string of the molecule is CCCC1NNC(N)C1Cc1ccccc1. The Morgan fingerprint density at radius 3 is 2.62 bits per heavy atom. The average molecular weight is 219 g/mol. The van der Waals surface area contributed by atoms with Crippen LogP contribution >= 0.6 is 0 Å². The summed E-state index contributed by atoms with van der Waals surface area (Å²) in [6, 6.07) is 11.1. The van der Waals surface area contributed by atoms with Gasteiger partial charge in [0.2, 0.25) is 0 Å². The van der Waals surface area contributed by atoms with E-state index >= 15 is 0 Å². The Balaban J connectivity index is 2.01. The number of benzene rings is 1. The maximum atomic E-state index is 6.07. The van der Waals surface area contributed by atoms with E-state index in [1.165, 1.54) is 18.4 Å². The molecule has 3 atom stereocenters. The number of rotatable bonds is 4. The summed E-state index contributed by atoms with van der Waals surface area (Å²) in [6.07, 6.45) is 3.49. The Hall–Kier alpha value is -0.900. The highest BCUT2D eigenvalue weighted by molar-refractivity contribution is 5.16. The van der Waals surface area contributed by atoms with Crippen molar-refractivity contribution in [3.05, 3.63) is 35.9 Å². The third-order valence-electron chi connectivity index (χ3n) is 3.33. The first-order chi connectivity index (χ1) is 7.81. The summed E-state index contributed by atoms with van der Waals surface area (Å²) >= 11 is 0. The summed E-state index contributed by atoms with van der Waals surface area (Å²) in [4.78, 5) is 0. The van der Waals surface area contributed by atoms with Gasteiger partial charge in [-0.2, -0.15) is 0 Å². The van der Waals surface area contributed by atoms with Crippen molar-refractivity contribution in [1.29, 1.82) is 0 Å². The molecule has 0 amide bonds. The summed E-state index contributed by atoms with van der Waals surface area (Å²) in [5, 5.41) is 0. The number of nitrogens with one attached hydrogen (secondary N) is 2. The Bertz CT molecular complexity index is 310. The van der Waals surface area contributed by atoms with E-state index in [2.05, 4.69) is 48.1 Å². The second-order valence-electron chi connectivity index (χ2n) is 4.56. The van der Waals surface area contributed by atoms with E-state index < -0.39 is 0 Å². The standard InChI is InChI=1S/C13H21N3/c1-2-6-12-11(13(14)16-15-12)9-10-7-4-3-5-8-10/h3-5,7-8,11-13,15-16H,2,6,9,14H2,1H3. The predicted octanol–water partition coefficient (Wildman–Crippen LogP) is 1.41. The van der Waals surface area contributed by atoms with Gasteiger partial charge in [-0.05, 0) is 18.4 Å². The van der Waals surface area contributed by atoms with E-state index in [4.69, 9.17) is 5.73 Å². The van der Waals surface area contributed by atoms with E-state index in [9.17, 15) is 0 Å². The van der Waals surface area contributed by atoms with Crippen LogP contribution in [0, 0.1) is 5.92 Å². The first kappa shape index (κ1) is 11.6. The lowest BCUT2D eigenvalue weighted by Crippen LogP contribution is -2.39. The van der Waals surface area contributed by atoms with Gasteiger partial charge in [0.25, 0.3) is 0 Å². The zero-order chi connectivity index (χ0) is 11.4. The van der Waals surface area contributed by atoms with Gasteiger partial charge >= 0.3 is 0 Å². The van der Waals surface area contributed by atoms with Gasteiger partial charge in [-0.15, -0.1) is 0 Å². The zero-order valence-corrected chi connectivity index (χ0v) is 9.82. The normalized spacial score (nSPS) is 29.5. The van der Waals surface area contributed by atoms with Gasteiger partial charge in [0.1, 0.15) is 0 Å². The summed E-state index contributed by atoms with van der Waals surface area (Å²) in [5.74, 6) is 0.488. The minimum absolute atomic E-state index is 0.0664. The van der Waals surface area contributed by atoms with Crippen LogP contribution in [0.15, 0.2) is 30.3 Å². The van der Waals surface area contributed by atoms with Crippen molar-refractivity contribution in [2.24, 2.45) is 11.7 Å². The number of hydrogen-bond acceptors (Lipinski definition) is 3. The molecule has 1 saturated heterocycles. The minimum Gasteiger partial charge on any atom is -0.315 e. The molecule has 1 aromatic rings. The molecule has 0 aliphatic carbocycles. The smallest absolute Gasteiger partial charge is 0.0726 e. The first-order valence-electron chi connectivity index (χ1n) is 6.12. The molecule has 1 aromatic carbocycles. The summed E-state index contributed by atoms with van der Waals surface area (Å²) in [6.45, 7) is 2.21. The van der Waals surface area contributed by atoms with Crippen molar-refractivity contribution in [2.75, 3.05) is 0 Å². The van der Waals surface area contributed by atoms with Gasteiger partial charge in [0.05, 0.1) is 6.17 Å². The number of hydrazine groups is 1. The van der Waals surface area contributed by atoms with Crippen LogP contribution in [0.1, 0.15) is 25.3 Å². The molecule has 1 aliphatic heterocycles. The lowest BCUT2D eigenvalue weighted by molar-refractivity contribution is 0.392. The molecule has 16 heavy (non-hydrogen) atoms. The second-order valence-corrected chi connectivity index (χ2v) is 4.56. The van der Waals surface area contributed by atoms with Crippen molar-refractivity contribution < 1.29 is 0 Å². The molecule has 3 unspecified atom stereocenters. The van der Waals surface area contributed by atoms with Gasteiger partial charge in [-0.3, -0.25) is 5.43 Å². The van der Waals surface area contributed by atoms with Crippen LogP contribution in [0.3, 0.4) is 0 Å². The van der Waals surface area contributed by atoms with Crippen LogP contribution in [-0.2, 0) is 6.42 Å². The third kappa shape index (κ3) is 2.61. The van der Waals surface area contributed by atoms with E-state index in [0.29, 0.717) is 12.0 Å². The van der Waals surface area contributed by atoms with E-state index in [1.807, 2.05) is 0 Å². The van der Waals surface area contributed by atoms with Gasteiger partial charge in [0, 0.05) is 12.0 Å². The van der Waals surface area contributed by atoms with Crippen LogP contribution in [0.5, 0.6) is 0 Å². The molecule has 88 valence electrons. The predicted molar refractivity (Wildman–Crippen MR) is 66.6 cm³/mol. The minimum atomic E-state index is 0.0664. The fourth-order valence-corrected chi connectivity index (χ4v) is 2.42. The van der Waals surface area contributed by atoms with Crippen LogP contribution in [0.4, 0.5) is 0 Å². The molecule has 4 N–H and O–H groups in total. The number of hydrogen-bond donors (Lipinski definition) is 3. The molecule has 1 heterocycles. The molecular weight excluding hydrogens is 198 g/mol. The van der Waals surface area contributed by atoms with E-state index in [1.54, 1.807) is 0 Å². The second kappa shape index (κ2) is 5.43. The summed E-state index contributed by atoms with van der Waals surface area (Å²) in [7, 11) is 0. The molecule has 0 radical (unpaired) electrons. The highest BCUT2D eigenvalue weighted by atomic mass is 15.4. The molecule has 0 spiro atoms. The quantitative estimate of drug-likeness (QED) is 0.717. The lowest BCUT2D eigenvalue weighted by Gasteiger charge is -2.20. The molecule has 0 aromatic heterocycles. The highest BCUT2D eigenvalue weighted by Gasteiger charge is 2.32. The van der Waals surface area contributed by atoms with Crippen molar-refractivity contribution in [1.82, 2.24) is 10.9 Å². The van der Waals surface area contributed by atoms with Crippen LogP contribution in [-0.4, -0.2) is 12.2 Å². The fraction of sp³-hybridized carbons (Fsp3) is 0.538. The fourth-order valence-electron chi connectivity index (χ4n) is 2.42. The largest absolute Gasteiger partial charge is 0.315 e. The molecular formula is C13H21N3. The van der Waals surface area contributed by atoms with E-state index in [0.717, 1.165) is 6.42 Å². The molecule has 3 nitrogen and oxygen atoms in total. The van der Waals surface area contributed by atoms with Crippen LogP contribution in [0.2, 0.25) is 0 Å². The number of nitrogens with two attached hydrogens (primary N) is 1. The van der Waals surface area contributed by atoms with Crippen molar-refractivity contribution in [2.45, 2.75) is 38.4 Å². The molecule has 0 bridgehead atoms. The molecule has 2 rings (SSSR count). The van der Waals surface area contributed by atoms with Crippen molar-refractivity contribution in [3.63, 3.8) is 0 Å². The first-order valence-corrected chi connectivity index (χ1v) is 6.12. The van der Waals surface area contributed by atoms with E-state index in [-0.39, 0.29) is 6.17 Å². The maximum absolute atomic E-state index is 6.07. The topological polar surface area (TPSA) is 50.1 Å². The Labute approximate surface area is 97.4 Å². The molecule has 0 saturated carbocycles. The Kier molecular flexibility index (Phi) is 3.93. The Morgan fingerprint density at radius 2 is 1.94 bits per heavy atom. The van der Waals surface area contributed by atoms with Gasteiger partial charge in [0.15, 0.2) is 0 Å². The summed E-state index contributed by atoms with van der Waals surface area (Å²) in [5.41, 5.74) is 13.9. The highest BCUT2D eigenvalue weighted by Crippen LogP contribution is 2.20. The lowest BCUT2D eigenvalue weighted by atomic mass is 9.89. The molecule has 1 fully saturated rings. The van der Waals surface area contributed by atoms with Crippen molar-refractivity contribution in [3.8, 4) is 0 Å². The average Bonchev–Trinajstić information content (AvgIpc) is 2.64. The van der Waals surface area contributed by atoms with Crippen LogP contribution < -0.4 is 16.6 Å². The monoisotopic (exact) mass is 219 g/mol. The van der Waals surface area contributed by atoms with Gasteiger partial charge in [-0.1, -0.05) is 43.7 Å². The Morgan fingerprint density at radius 1 is 1.19 bits per heavy atom. The van der Waals surface area contributed by atoms with Gasteiger partial charge in [-0.25, -0.2) is 5.43 Å². The third-order valence-corrected chi connectivity index (χ3v) is 3.33. The molecule has 1 aliphatic rings. The van der Waals surface area contributed by atoms with Crippen molar-refractivity contribution >= 4 is 0 Å². The zero-order valence-electron chi connectivity index (χ0n) is 9.82. The molecule has 3 heteroatoms. The van der Waals surface area contributed by atoms with Gasteiger partial charge < -0.3 is 5.73 Å². The maximum Gasteiger partial charge on any atom is 0.0726 e. The van der Waals surface area contributed by atoms with Crippen LogP contribution in [0.25, 0.3) is 0 Å².